The Kier molecular flexibility index (Phi) is 6.68. The maximum Gasteiger partial charge on any atom is 0.337 e. The van der Waals surface area contributed by atoms with Crippen LogP contribution in [0.5, 0.6) is 0 Å². The zero-order chi connectivity index (χ0) is 21.7. The summed E-state index contributed by atoms with van der Waals surface area (Å²) < 4.78 is 6.22. The highest BCUT2D eigenvalue weighted by atomic mass is 32.2. The molecule has 0 saturated heterocycles. The fourth-order valence-electron chi connectivity index (χ4n) is 2.87. The zero-order valence-electron chi connectivity index (χ0n) is 16.7. The average molecular weight is 423 g/mol. The van der Waals surface area contributed by atoms with Crippen LogP contribution in [0.1, 0.15) is 15.9 Å². The summed E-state index contributed by atoms with van der Waals surface area (Å²) in [4.78, 5) is 41.6. The maximum atomic E-state index is 12.8. The van der Waals surface area contributed by atoms with Crippen molar-refractivity contribution in [2.45, 2.75) is 18.6 Å². The first-order chi connectivity index (χ1) is 14.4. The molecule has 8 heteroatoms. The summed E-state index contributed by atoms with van der Waals surface area (Å²) in [6, 6.07) is 12.0. The van der Waals surface area contributed by atoms with E-state index in [0.717, 1.165) is 17.3 Å². The molecule has 7 nitrogen and oxygen atoms in total. The minimum absolute atomic E-state index is 0.0455. The van der Waals surface area contributed by atoms with E-state index in [0.29, 0.717) is 33.9 Å². The van der Waals surface area contributed by atoms with E-state index in [4.69, 9.17) is 4.74 Å². The molecule has 0 bridgehead atoms. The van der Waals surface area contributed by atoms with Gasteiger partial charge in [0.1, 0.15) is 0 Å². The smallest absolute Gasteiger partial charge is 0.337 e. The number of esters is 1. The lowest BCUT2D eigenvalue weighted by Gasteiger charge is -2.12. The highest BCUT2D eigenvalue weighted by molar-refractivity contribution is 7.99. The van der Waals surface area contributed by atoms with Crippen molar-refractivity contribution < 1.29 is 14.3 Å². The van der Waals surface area contributed by atoms with Gasteiger partial charge >= 0.3 is 5.97 Å². The van der Waals surface area contributed by atoms with E-state index >= 15 is 0 Å². The highest BCUT2D eigenvalue weighted by Crippen LogP contribution is 2.21. The molecule has 154 valence electrons. The van der Waals surface area contributed by atoms with Gasteiger partial charge < -0.3 is 10.1 Å². The number of ether oxygens (including phenoxy) is 1. The fourth-order valence-corrected chi connectivity index (χ4v) is 3.67. The van der Waals surface area contributed by atoms with Crippen molar-refractivity contribution >= 4 is 40.2 Å². The van der Waals surface area contributed by atoms with Crippen molar-refractivity contribution in [1.29, 1.82) is 0 Å². The van der Waals surface area contributed by atoms with Gasteiger partial charge in [0.15, 0.2) is 5.16 Å². The van der Waals surface area contributed by atoms with Crippen LogP contribution in [-0.4, -0.2) is 34.3 Å². The molecular weight excluding hydrogens is 402 g/mol. The average Bonchev–Trinajstić information content (AvgIpc) is 2.75. The normalized spacial score (nSPS) is 10.6. The number of thioether (sulfide) groups is 1. The van der Waals surface area contributed by atoms with Crippen LogP contribution in [0.15, 0.2) is 65.1 Å². The van der Waals surface area contributed by atoms with Crippen LogP contribution in [0.25, 0.3) is 10.9 Å². The van der Waals surface area contributed by atoms with Gasteiger partial charge in [-0.1, -0.05) is 36.0 Å². The highest BCUT2D eigenvalue weighted by Gasteiger charge is 2.14. The van der Waals surface area contributed by atoms with Crippen LogP contribution >= 0.6 is 11.8 Å². The number of hydrogen-bond acceptors (Lipinski definition) is 6. The van der Waals surface area contributed by atoms with E-state index in [1.165, 1.54) is 11.7 Å². The molecule has 1 N–H and O–H groups in total. The largest absolute Gasteiger partial charge is 0.465 e. The minimum Gasteiger partial charge on any atom is -0.465 e. The second-order valence-corrected chi connectivity index (χ2v) is 7.42. The summed E-state index contributed by atoms with van der Waals surface area (Å²) in [5.41, 5.74) is 2.09. The van der Waals surface area contributed by atoms with Crippen molar-refractivity contribution in [3.63, 3.8) is 0 Å². The number of fused-ring (bicyclic) bond motifs is 1. The molecule has 0 radical (unpaired) electrons. The van der Waals surface area contributed by atoms with E-state index in [9.17, 15) is 14.4 Å². The summed E-state index contributed by atoms with van der Waals surface area (Å²) in [5.74, 6) is -0.713. The fraction of sp³-hybridized carbons (Fsp3) is 0.182. The van der Waals surface area contributed by atoms with Crippen molar-refractivity contribution in [3.05, 3.63) is 76.6 Å². The number of anilines is 1. The lowest BCUT2D eigenvalue weighted by molar-refractivity contribution is -0.113. The van der Waals surface area contributed by atoms with Gasteiger partial charge in [0, 0.05) is 12.2 Å². The zero-order valence-corrected chi connectivity index (χ0v) is 17.5. The number of carbonyl (C=O) groups excluding carboxylic acids is 2. The number of nitrogens with one attached hydrogen (secondary N) is 1. The maximum absolute atomic E-state index is 12.8. The Bertz CT molecular complexity index is 1190. The SMILES string of the molecule is C=CCn1c(SCC(=O)Nc2cc(C(=O)OC)ccc2C)nc2ccccc2c1=O. The van der Waals surface area contributed by atoms with Crippen molar-refractivity contribution in [3.8, 4) is 0 Å². The first-order valence-electron chi connectivity index (χ1n) is 9.16. The topological polar surface area (TPSA) is 90.3 Å². The number of allylic oxidation sites excluding steroid dienone is 1. The van der Waals surface area contributed by atoms with Crippen LogP contribution in [-0.2, 0) is 16.1 Å². The molecule has 0 fully saturated rings. The minimum atomic E-state index is -0.478. The van der Waals surface area contributed by atoms with Gasteiger partial charge in [0.25, 0.3) is 5.56 Å². The Morgan fingerprint density at radius 1 is 1.27 bits per heavy atom. The third kappa shape index (κ3) is 4.60. The Balaban J connectivity index is 1.80. The molecule has 3 aromatic rings. The number of benzene rings is 2. The van der Waals surface area contributed by atoms with Gasteiger partial charge in [-0.05, 0) is 36.8 Å². The van der Waals surface area contributed by atoms with Crippen molar-refractivity contribution in [2.75, 3.05) is 18.2 Å². The van der Waals surface area contributed by atoms with Gasteiger partial charge in [-0.3, -0.25) is 14.2 Å². The van der Waals surface area contributed by atoms with Gasteiger partial charge in [-0.2, -0.15) is 0 Å². The lowest BCUT2D eigenvalue weighted by atomic mass is 10.1. The van der Waals surface area contributed by atoms with Crippen LogP contribution < -0.4 is 10.9 Å². The molecule has 3 rings (SSSR count). The molecule has 1 amide bonds. The number of nitrogens with zero attached hydrogens (tertiary/aromatic N) is 2. The lowest BCUT2D eigenvalue weighted by Crippen LogP contribution is -2.24. The molecule has 1 heterocycles. The first-order valence-corrected chi connectivity index (χ1v) is 10.1. The number of aromatic nitrogens is 2. The van der Waals surface area contributed by atoms with E-state index < -0.39 is 5.97 Å². The Morgan fingerprint density at radius 2 is 2.03 bits per heavy atom. The number of amides is 1. The third-order valence-corrected chi connectivity index (χ3v) is 5.38. The van der Waals surface area contributed by atoms with Gasteiger partial charge in [-0.15, -0.1) is 6.58 Å². The molecule has 2 aromatic carbocycles. The summed E-state index contributed by atoms with van der Waals surface area (Å²) in [6.07, 6.45) is 1.61. The van der Waals surface area contributed by atoms with E-state index in [1.807, 2.05) is 13.0 Å². The summed E-state index contributed by atoms with van der Waals surface area (Å²) >= 11 is 1.16. The first kappa shape index (κ1) is 21.3. The molecule has 0 unspecified atom stereocenters. The third-order valence-electron chi connectivity index (χ3n) is 4.40. The van der Waals surface area contributed by atoms with E-state index in [2.05, 4.69) is 16.9 Å². The molecule has 30 heavy (non-hydrogen) atoms. The molecule has 0 aliphatic carbocycles. The standard InChI is InChI=1S/C22H21N3O4S/c1-4-11-25-20(27)16-7-5-6-8-17(16)24-22(25)30-13-19(26)23-18-12-15(21(28)29-3)10-9-14(18)2/h4-10,12H,1,11,13H2,2-3H3,(H,23,26). The summed E-state index contributed by atoms with van der Waals surface area (Å²) in [5, 5.41) is 3.76. The quantitative estimate of drug-likeness (QED) is 0.271. The van der Waals surface area contributed by atoms with Crippen LogP contribution in [0.4, 0.5) is 5.69 Å². The van der Waals surface area contributed by atoms with Gasteiger partial charge in [0.05, 0.1) is 29.3 Å². The number of rotatable bonds is 7. The number of hydrogen-bond donors (Lipinski definition) is 1. The predicted octanol–water partition coefficient (Wildman–Crippen LogP) is 3.41. The van der Waals surface area contributed by atoms with Crippen molar-refractivity contribution in [1.82, 2.24) is 9.55 Å². The molecule has 0 aliphatic rings. The monoisotopic (exact) mass is 423 g/mol. The van der Waals surface area contributed by atoms with Crippen molar-refractivity contribution in [2.24, 2.45) is 0 Å². The second-order valence-electron chi connectivity index (χ2n) is 6.47. The summed E-state index contributed by atoms with van der Waals surface area (Å²) in [7, 11) is 1.30. The van der Waals surface area contributed by atoms with E-state index in [1.54, 1.807) is 42.5 Å². The molecule has 0 atom stereocenters. The van der Waals surface area contributed by atoms with Crippen LogP contribution in [0.2, 0.25) is 0 Å². The Hall–Kier alpha value is -3.39. The number of aryl methyl sites for hydroxylation is 1. The van der Waals surface area contributed by atoms with Crippen LogP contribution in [0.3, 0.4) is 0 Å². The molecule has 0 aliphatic heterocycles. The van der Waals surface area contributed by atoms with Gasteiger partial charge in [-0.25, -0.2) is 9.78 Å². The number of para-hydroxylation sites is 1. The molecule has 1 aromatic heterocycles. The summed E-state index contributed by atoms with van der Waals surface area (Å²) in [6.45, 7) is 5.82. The number of methoxy groups -OCH3 is 1. The number of carbonyl (C=O) groups is 2. The molecule has 0 spiro atoms. The van der Waals surface area contributed by atoms with Crippen LogP contribution in [0, 0.1) is 6.92 Å². The predicted molar refractivity (Wildman–Crippen MR) is 118 cm³/mol. The van der Waals surface area contributed by atoms with E-state index in [-0.39, 0.29) is 17.2 Å². The molecule has 0 saturated carbocycles. The molecular formula is C22H21N3O4S. The second kappa shape index (κ2) is 9.41. The Morgan fingerprint density at radius 3 is 2.77 bits per heavy atom. The Labute approximate surface area is 177 Å². The van der Waals surface area contributed by atoms with Gasteiger partial charge in [0.2, 0.25) is 5.91 Å².